The summed E-state index contributed by atoms with van der Waals surface area (Å²) in [6, 6.07) is 0. The van der Waals surface area contributed by atoms with E-state index in [1.54, 1.807) is 7.11 Å². The Hall–Kier alpha value is -0.690. The van der Waals surface area contributed by atoms with Gasteiger partial charge in [-0.25, -0.2) is 0 Å². The van der Waals surface area contributed by atoms with Crippen molar-refractivity contribution >= 4 is 5.97 Å². The number of nitrogens with zero attached hydrogens (tertiary/aromatic N) is 2. The van der Waals surface area contributed by atoms with Crippen molar-refractivity contribution in [1.82, 2.24) is 9.80 Å². The van der Waals surface area contributed by atoms with E-state index in [4.69, 9.17) is 9.47 Å². The van der Waals surface area contributed by atoms with Crippen LogP contribution in [0.4, 0.5) is 0 Å². The molecule has 0 aromatic heterocycles. The molecule has 0 atom stereocenters. The molecule has 0 aliphatic carbocycles. The molecule has 0 N–H and O–H groups in total. The number of carbonyl (C=O) groups excluding carboxylic acids is 1. The number of ether oxygens (including phenoxy) is 3. The van der Waals surface area contributed by atoms with Crippen LogP contribution in [0, 0.1) is 0 Å². The number of rotatable bonds is 10. The molecule has 118 valence electrons. The highest BCUT2D eigenvalue weighted by molar-refractivity contribution is 5.69. The third kappa shape index (κ3) is 7.79. The van der Waals surface area contributed by atoms with E-state index in [1.807, 2.05) is 0 Å². The normalized spacial score (nSPS) is 17.3. The minimum atomic E-state index is -0.128. The summed E-state index contributed by atoms with van der Waals surface area (Å²) in [5, 5.41) is 0. The van der Waals surface area contributed by atoms with Crippen molar-refractivity contribution in [3.05, 3.63) is 0 Å². The number of carbonyl (C=O) groups is 1. The van der Waals surface area contributed by atoms with Gasteiger partial charge in [0.25, 0.3) is 0 Å². The zero-order valence-corrected chi connectivity index (χ0v) is 12.8. The maximum Gasteiger partial charge on any atom is 0.306 e. The fourth-order valence-electron chi connectivity index (χ4n) is 2.19. The quantitative estimate of drug-likeness (QED) is 0.423. The maximum atomic E-state index is 11.1. The first kappa shape index (κ1) is 17.4. The van der Waals surface area contributed by atoms with E-state index in [2.05, 4.69) is 14.5 Å². The zero-order valence-electron chi connectivity index (χ0n) is 12.8. The van der Waals surface area contributed by atoms with Crippen LogP contribution in [-0.2, 0) is 19.0 Å². The second-order valence-corrected chi connectivity index (χ2v) is 4.97. The summed E-state index contributed by atoms with van der Waals surface area (Å²) in [6.07, 6.45) is 1.44. The van der Waals surface area contributed by atoms with Crippen LogP contribution in [0.15, 0.2) is 0 Å². The summed E-state index contributed by atoms with van der Waals surface area (Å²) in [5.41, 5.74) is 0. The number of esters is 1. The van der Waals surface area contributed by atoms with Gasteiger partial charge in [-0.1, -0.05) is 0 Å². The smallest absolute Gasteiger partial charge is 0.306 e. The number of hydrogen-bond donors (Lipinski definition) is 0. The standard InChI is InChI=1S/C14H28N2O4/c1-18-11-3-12-20-13-10-16-8-6-15(7-9-16)5-4-14(17)19-2/h3-13H2,1-2H3. The van der Waals surface area contributed by atoms with E-state index in [0.29, 0.717) is 6.42 Å². The SMILES string of the molecule is COCCCOCCN1CCN(CCC(=O)OC)CC1. The molecule has 1 rings (SSSR count). The Kier molecular flexibility index (Phi) is 9.57. The van der Waals surface area contributed by atoms with Crippen molar-refractivity contribution in [1.29, 1.82) is 0 Å². The van der Waals surface area contributed by atoms with Gasteiger partial charge in [-0.15, -0.1) is 0 Å². The van der Waals surface area contributed by atoms with Crippen molar-refractivity contribution in [2.75, 3.05) is 73.3 Å². The number of hydrogen-bond acceptors (Lipinski definition) is 6. The zero-order chi connectivity index (χ0) is 14.6. The van der Waals surface area contributed by atoms with Gasteiger partial charge in [0, 0.05) is 59.6 Å². The van der Waals surface area contributed by atoms with Gasteiger partial charge >= 0.3 is 5.97 Å². The van der Waals surface area contributed by atoms with E-state index in [1.165, 1.54) is 7.11 Å². The fraction of sp³-hybridized carbons (Fsp3) is 0.929. The summed E-state index contributed by atoms with van der Waals surface area (Å²) in [5.74, 6) is -0.128. The van der Waals surface area contributed by atoms with Crippen molar-refractivity contribution in [3.63, 3.8) is 0 Å². The lowest BCUT2D eigenvalue weighted by Crippen LogP contribution is -2.47. The summed E-state index contributed by atoms with van der Waals surface area (Å²) in [6.45, 7) is 8.22. The molecule has 0 unspecified atom stereocenters. The molecule has 20 heavy (non-hydrogen) atoms. The van der Waals surface area contributed by atoms with Gasteiger partial charge in [-0.3, -0.25) is 9.69 Å². The molecule has 0 saturated carbocycles. The first-order valence-electron chi connectivity index (χ1n) is 7.34. The van der Waals surface area contributed by atoms with Gasteiger partial charge in [0.05, 0.1) is 20.1 Å². The van der Waals surface area contributed by atoms with Gasteiger partial charge in [-0.2, -0.15) is 0 Å². The van der Waals surface area contributed by atoms with Gasteiger partial charge < -0.3 is 19.1 Å². The molecule has 6 heteroatoms. The van der Waals surface area contributed by atoms with Gasteiger partial charge in [0.15, 0.2) is 0 Å². The summed E-state index contributed by atoms with van der Waals surface area (Å²) in [4.78, 5) is 15.8. The van der Waals surface area contributed by atoms with Gasteiger partial charge in [0.1, 0.15) is 0 Å². The van der Waals surface area contributed by atoms with Crippen molar-refractivity contribution in [2.45, 2.75) is 12.8 Å². The van der Waals surface area contributed by atoms with Crippen molar-refractivity contribution in [3.8, 4) is 0 Å². The highest BCUT2D eigenvalue weighted by atomic mass is 16.5. The van der Waals surface area contributed by atoms with Gasteiger partial charge in [0.2, 0.25) is 0 Å². The van der Waals surface area contributed by atoms with E-state index in [-0.39, 0.29) is 5.97 Å². The average molecular weight is 288 g/mol. The molecule has 0 aromatic rings. The van der Waals surface area contributed by atoms with Crippen LogP contribution in [0.3, 0.4) is 0 Å². The Morgan fingerprint density at radius 2 is 1.60 bits per heavy atom. The number of methoxy groups -OCH3 is 2. The molecule has 1 saturated heterocycles. The van der Waals surface area contributed by atoms with Crippen LogP contribution in [0.2, 0.25) is 0 Å². The highest BCUT2D eigenvalue weighted by Gasteiger charge is 2.17. The number of piperazine rings is 1. The molecular weight excluding hydrogens is 260 g/mol. The van der Waals surface area contributed by atoms with E-state index in [9.17, 15) is 4.79 Å². The van der Waals surface area contributed by atoms with Crippen molar-refractivity contribution < 1.29 is 19.0 Å². The lowest BCUT2D eigenvalue weighted by Gasteiger charge is -2.34. The molecule has 0 bridgehead atoms. The summed E-state index contributed by atoms with van der Waals surface area (Å²) < 4.78 is 15.2. The predicted molar refractivity (Wildman–Crippen MR) is 76.8 cm³/mol. The lowest BCUT2D eigenvalue weighted by atomic mass is 10.3. The van der Waals surface area contributed by atoms with Crippen LogP contribution >= 0.6 is 0 Å². The highest BCUT2D eigenvalue weighted by Crippen LogP contribution is 2.02. The third-order valence-electron chi connectivity index (χ3n) is 3.51. The Balaban J connectivity index is 1.97. The first-order chi connectivity index (χ1) is 9.76. The van der Waals surface area contributed by atoms with Crippen LogP contribution in [-0.4, -0.2) is 89.1 Å². The largest absolute Gasteiger partial charge is 0.469 e. The Morgan fingerprint density at radius 1 is 0.950 bits per heavy atom. The summed E-state index contributed by atoms with van der Waals surface area (Å²) in [7, 11) is 3.15. The van der Waals surface area contributed by atoms with Crippen LogP contribution in [0.1, 0.15) is 12.8 Å². The molecule has 0 amide bonds. The van der Waals surface area contributed by atoms with Crippen LogP contribution < -0.4 is 0 Å². The van der Waals surface area contributed by atoms with E-state index in [0.717, 1.165) is 65.5 Å². The predicted octanol–water partition coefficient (Wildman–Crippen LogP) is 0.220. The van der Waals surface area contributed by atoms with Crippen LogP contribution in [0.5, 0.6) is 0 Å². The monoisotopic (exact) mass is 288 g/mol. The summed E-state index contributed by atoms with van der Waals surface area (Å²) >= 11 is 0. The van der Waals surface area contributed by atoms with Gasteiger partial charge in [-0.05, 0) is 6.42 Å². The second kappa shape index (κ2) is 11.0. The minimum absolute atomic E-state index is 0.128. The molecule has 1 heterocycles. The molecule has 6 nitrogen and oxygen atoms in total. The van der Waals surface area contributed by atoms with E-state index >= 15 is 0 Å². The molecular formula is C14H28N2O4. The second-order valence-electron chi connectivity index (χ2n) is 4.97. The molecule has 0 spiro atoms. The van der Waals surface area contributed by atoms with Crippen molar-refractivity contribution in [2.24, 2.45) is 0 Å². The van der Waals surface area contributed by atoms with E-state index < -0.39 is 0 Å². The Bertz CT molecular complexity index is 256. The minimum Gasteiger partial charge on any atom is -0.469 e. The fourth-order valence-corrected chi connectivity index (χ4v) is 2.19. The molecule has 1 aliphatic heterocycles. The van der Waals surface area contributed by atoms with Crippen LogP contribution in [0.25, 0.3) is 0 Å². The Labute approximate surface area is 121 Å². The first-order valence-corrected chi connectivity index (χ1v) is 7.34. The third-order valence-corrected chi connectivity index (χ3v) is 3.51. The molecule has 1 aliphatic rings. The molecule has 1 fully saturated rings. The Morgan fingerprint density at radius 3 is 2.20 bits per heavy atom. The maximum absolute atomic E-state index is 11.1. The topological polar surface area (TPSA) is 51.2 Å². The lowest BCUT2D eigenvalue weighted by molar-refractivity contribution is -0.141. The molecule has 0 radical (unpaired) electrons. The molecule has 0 aromatic carbocycles. The average Bonchev–Trinajstić information content (AvgIpc) is 2.49.